The van der Waals surface area contributed by atoms with Gasteiger partial charge in [0.2, 0.25) is 11.8 Å². The maximum absolute atomic E-state index is 12.6. The maximum atomic E-state index is 12.6. The Morgan fingerprint density at radius 1 is 1.07 bits per heavy atom. The number of piperidine rings is 2. The van der Waals surface area contributed by atoms with E-state index < -0.39 is 5.54 Å². The van der Waals surface area contributed by atoms with Gasteiger partial charge in [-0.1, -0.05) is 18.2 Å². The number of likely N-dealkylation sites (tertiary alicyclic amines) is 2. The van der Waals surface area contributed by atoms with E-state index in [1.54, 1.807) is 14.0 Å². The molecule has 0 aromatic heterocycles. The second kappa shape index (κ2) is 8.74. The lowest BCUT2D eigenvalue weighted by Gasteiger charge is -2.43. The molecule has 0 saturated carbocycles. The highest BCUT2D eigenvalue weighted by atomic mass is 16.5. The number of hydrogen-bond donors (Lipinski definition) is 1. The van der Waals surface area contributed by atoms with E-state index in [2.05, 4.69) is 10.2 Å². The molecule has 0 atom stereocenters. The molecule has 1 N–H and O–H groups in total. The molecule has 0 radical (unpaired) electrons. The standard InChI is InChI=1S/C21H31N3O3/c1-17(25)22-21(18-8-4-5-9-19(18)27-2)10-14-23(15-11-21)16-20(26)24-12-6-3-7-13-24/h4-5,8-9H,3,6-7,10-16H2,1-2H3,(H,22,25). The van der Waals surface area contributed by atoms with Gasteiger partial charge in [0, 0.05) is 38.7 Å². The molecular weight excluding hydrogens is 342 g/mol. The normalized spacial score (nSPS) is 20.1. The van der Waals surface area contributed by atoms with Gasteiger partial charge in [-0.25, -0.2) is 0 Å². The second-order valence-electron chi connectivity index (χ2n) is 7.68. The molecule has 1 aromatic rings. The van der Waals surface area contributed by atoms with Gasteiger partial charge in [0.15, 0.2) is 0 Å². The molecule has 0 unspecified atom stereocenters. The van der Waals surface area contributed by atoms with E-state index in [-0.39, 0.29) is 11.8 Å². The first-order chi connectivity index (χ1) is 13.0. The third-order valence-corrected chi connectivity index (χ3v) is 5.82. The van der Waals surface area contributed by atoms with Crippen molar-refractivity contribution in [1.29, 1.82) is 0 Å². The van der Waals surface area contributed by atoms with Gasteiger partial charge < -0.3 is 15.0 Å². The van der Waals surface area contributed by atoms with Gasteiger partial charge in [-0.3, -0.25) is 14.5 Å². The fourth-order valence-electron chi connectivity index (χ4n) is 4.37. The van der Waals surface area contributed by atoms with Crippen molar-refractivity contribution in [3.8, 4) is 5.75 Å². The van der Waals surface area contributed by atoms with E-state index in [0.717, 1.165) is 63.2 Å². The van der Waals surface area contributed by atoms with Gasteiger partial charge >= 0.3 is 0 Å². The number of nitrogens with one attached hydrogen (secondary N) is 1. The van der Waals surface area contributed by atoms with Crippen LogP contribution in [0.4, 0.5) is 0 Å². The summed E-state index contributed by atoms with van der Waals surface area (Å²) in [4.78, 5) is 28.7. The van der Waals surface area contributed by atoms with E-state index >= 15 is 0 Å². The average Bonchev–Trinajstić information content (AvgIpc) is 2.69. The van der Waals surface area contributed by atoms with Crippen LogP contribution in [-0.4, -0.2) is 61.4 Å². The highest BCUT2D eigenvalue weighted by molar-refractivity contribution is 5.78. The monoisotopic (exact) mass is 373 g/mol. The summed E-state index contributed by atoms with van der Waals surface area (Å²) in [5.41, 5.74) is 0.577. The topological polar surface area (TPSA) is 61.9 Å². The lowest BCUT2D eigenvalue weighted by molar-refractivity contribution is -0.134. The number of carbonyl (C=O) groups is 2. The summed E-state index contributed by atoms with van der Waals surface area (Å²) in [5.74, 6) is 0.988. The van der Waals surface area contributed by atoms with Crippen molar-refractivity contribution in [2.45, 2.75) is 44.6 Å². The minimum absolute atomic E-state index is 0.0428. The first kappa shape index (κ1) is 19.7. The average molecular weight is 373 g/mol. The van der Waals surface area contributed by atoms with Gasteiger partial charge in [-0.2, -0.15) is 0 Å². The van der Waals surface area contributed by atoms with Crippen LogP contribution in [0.15, 0.2) is 24.3 Å². The Morgan fingerprint density at radius 2 is 1.74 bits per heavy atom. The van der Waals surface area contributed by atoms with E-state index in [1.165, 1.54) is 6.42 Å². The fourth-order valence-corrected chi connectivity index (χ4v) is 4.37. The molecule has 148 valence electrons. The Kier molecular flexibility index (Phi) is 6.37. The second-order valence-corrected chi connectivity index (χ2v) is 7.68. The third-order valence-electron chi connectivity index (χ3n) is 5.82. The predicted octanol–water partition coefficient (Wildman–Crippen LogP) is 2.13. The maximum Gasteiger partial charge on any atom is 0.236 e. The number of hydrogen-bond acceptors (Lipinski definition) is 4. The molecule has 2 aliphatic heterocycles. The van der Waals surface area contributed by atoms with Crippen molar-refractivity contribution < 1.29 is 14.3 Å². The van der Waals surface area contributed by atoms with Crippen molar-refractivity contribution in [3.05, 3.63) is 29.8 Å². The molecule has 0 spiro atoms. The Balaban J connectivity index is 1.68. The number of amides is 2. The number of carbonyl (C=O) groups excluding carboxylic acids is 2. The quantitative estimate of drug-likeness (QED) is 0.859. The van der Waals surface area contributed by atoms with E-state index in [0.29, 0.717) is 6.54 Å². The van der Waals surface area contributed by atoms with Crippen LogP contribution >= 0.6 is 0 Å². The van der Waals surface area contributed by atoms with Crippen LogP contribution in [-0.2, 0) is 15.1 Å². The summed E-state index contributed by atoms with van der Waals surface area (Å²) >= 11 is 0. The Labute approximate surface area is 161 Å². The fraction of sp³-hybridized carbons (Fsp3) is 0.619. The number of para-hydroxylation sites is 1. The van der Waals surface area contributed by atoms with Gasteiger partial charge in [-0.15, -0.1) is 0 Å². The van der Waals surface area contributed by atoms with E-state index in [9.17, 15) is 9.59 Å². The van der Waals surface area contributed by atoms with Crippen molar-refractivity contribution in [2.24, 2.45) is 0 Å². The summed E-state index contributed by atoms with van der Waals surface area (Å²) in [5, 5.41) is 3.18. The van der Waals surface area contributed by atoms with E-state index in [1.807, 2.05) is 29.2 Å². The van der Waals surface area contributed by atoms with Gasteiger partial charge in [0.1, 0.15) is 5.75 Å². The summed E-state index contributed by atoms with van der Waals surface area (Å²) < 4.78 is 5.55. The molecule has 2 saturated heterocycles. The van der Waals surface area contributed by atoms with Crippen LogP contribution in [0.2, 0.25) is 0 Å². The summed E-state index contributed by atoms with van der Waals surface area (Å²) in [6.45, 7) is 5.37. The highest BCUT2D eigenvalue weighted by Crippen LogP contribution is 2.38. The van der Waals surface area contributed by atoms with Gasteiger partial charge in [0.25, 0.3) is 0 Å². The largest absolute Gasteiger partial charge is 0.496 e. The van der Waals surface area contributed by atoms with Crippen molar-refractivity contribution >= 4 is 11.8 Å². The van der Waals surface area contributed by atoms with Crippen molar-refractivity contribution in [3.63, 3.8) is 0 Å². The molecule has 0 aliphatic carbocycles. The van der Waals surface area contributed by atoms with Crippen LogP contribution < -0.4 is 10.1 Å². The molecule has 2 amide bonds. The zero-order valence-electron chi connectivity index (χ0n) is 16.5. The molecular formula is C21H31N3O3. The number of benzene rings is 1. The van der Waals surface area contributed by atoms with Gasteiger partial charge in [-0.05, 0) is 38.2 Å². The first-order valence-corrected chi connectivity index (χ1v) is 9.96. The van der Waals surface area contributed by atoms with Crippen LogP contribution in [0.25, 0.3) is 0 Å². The Hall–Kier alpha value is -2.08. The third kappa shape index (κ3) is 4.61. The van der Waals surface area contributed by atoms with Crippen LogP contribution in [0.5, 0.6) is 5.75 Å². The molecule has 3 rings (SSSR count). The minimum Gasteiger partial charge on any atom is -0.496 e. The number of methoxy groups -OCH3 is 1. The molecule has 1 aromatic carbocycles. The highest BCUT2D eigenvalue weighted by Gasteiger charge is 2.39. The molecule has 2 fully saturated rings. The zero-order valence-corrected chi connectivity index (χ0v) is 16.5. The van der Waals surface area contributed by atoms with Crippen molar-refractivity contribution in [2.75, 3.05) is 39.8 Å². The van der Waals surface area contributed by atoms with Crippen LogP contribution in [0, 0.1) is 0 Å². The first-order valence-electron chi connectivity index (χ1n) is 9.96. The molecule has 27 heavy (non-hydrogen) atoms. The smallest absolute Gasteiger partial charge is 0.236 e. The number of nitrogens with zero attached hydrogens (tertiary/aromatic N) is 2. The lowest BCUT2D eigenvalue weighted by atomic mass is 9.80. The molecule has 6 heteroatoms. The van der Waals surface area contributed by atoms with Gasteiger partial charge in [0.05, 0.1) is 19.2 Å². The van der Waals surface area contributed by atoms with Crippen LogP contribution in [0.1, 0.15) is 44.6 Å². The minimum atomic E-state index is -0.441. The predicted molar refractivity (Wildman–Crippen MR) is 105 cm³/mol. The van der Waals surface area contributed by atoms with Crippen LogP contribution in [0.3, 0.4) is 0 Å². The lowest BCUT2D eigenvalue weighted by Crippen LogP contribution is -2.54. The van der Waals surface area contributed by atoms with E-state index in [4.69, 9.17) is 4.74 Å². The molecule has 2 heterocycles. The SMILES string of the molecule is COc1ccccc1C1(NC(C)=O)CCN(CC(=O)N2CCCCC2)CC1. The molecule has 0 bridgehead atoms. The number of rotatable bonds is 5. The summed E-state index contributed by atoms with van der Waals surface area (Å²) in [6.07, 6.45) is 4.99. The van der Waals surface area contributed by atoms with Crippen molar-refractivity contribution in [1.82, 2.24) is 15.1 Å². The summed E-state index contributed by atoms with van der Waals surface area (Å²) in [7, 11) is 1.66. The molecule has 2 aliphatic rings. The number of ether oxygens (including phenoxy) is 1. The summed E-state index contributed by atoms with van der Waals surface area (Å²) in [6, 6.07) is 7.89. The Bertz CT molecular complexity index is 662. The Morgan fingerprint density at radius 3 is 2.37 bits per heavy atom. The molecule has 6 nitrogen and oxygen atoms in total. The zero-order chi connectivity index (χ0) is 19.3.